The molecule has 3 rings (SSSR count). The van der Waals surface area contributed by atoms with E-state index >= 15 is 0 Å². The van der Waals surface area contributed by atoms with Crippen LogP contribution in [0.3, 0.4) is 0 Å². The maximum absolute atomic E-state index is 12.1. The van der Waals surface area contributed by atoms with Gasteiger partial charge in [-0.25, -0.2) is 4.79 Å². The number of thiophene rings is 1. The van der Waals surface area contributed by atoms with Gasteiger partial charge in [0.15, 0.2) is 0 Å². The summed E-state index contributed by atoms with van der Waals surface area (Å²) >= 11 is 1.83. The number of nitrogens with zero attached hydrogens (tertiary/aromatic N) is 1. The fourth-order valence-electron chi connectivity index (χ4n) is 3.57. The van der Waals surface area contributed by atoms with Crippen molar-refractivity contribution >= 4 is 17.4 Å². The standard InChI is InChI=1S/C18H29N3O2S/c1-14-11-16(6-9-23-14)20-18(22)19-12-15-4-7-21(8-5-15)13-17-3-2-10-24-17/h2-3,10,14-16H,4-9,11-13H2,1H3,(H2,19,20,22). The van der Waals surface area contributed by atoms with Crippen molar-refractivity contribution in [1.29, 1.82) is 0 Å². The Morgan fingerprint density at radius 1 is 1.38 bits per heavy atom. The van der Waals surface area contributed by atoms with E-state index in [9.17, 15) is 4.79 Å². The molecule has 0 bridgehead atoms. The van der Waals surface area contributed by atoms with Crippen molar-refractivity contribution in [2.75, 3.05) is 26.2 Å². The van der Waals surface area contributed by atoms with E-state index in [0.717, 1.165) is 45.6 Å². The molecule has 5 nitrogen and oxygen atoms in total. The van der Waals surface area contributed by atoms with Crippen LogP contribution in [0.1, 0.15) is 37.5 Å². The summed E-state index contributed by atoms with van der Waals surface area (Å²) < 4.78 is 5.52. The number of hydrogen-bond donors (Lipinski definition) is 2. The van der Waals surface area contributed by atoms with Gasteiger partial charge in [0.25, 0.3) is 0 Å². The third kappa shape index (κ3) is 5.46. The number of urea groups is 1. The van der Waals surface area contributed by atoms with Crippen LogP contribution < -0.4 is 10.6 Å². The average Bonchev–Trinajstić information content (AvgIpc) is 3.07. The van der Waals surface area contributed by atoms with Gasteiger partial charge in [0.2, 0.25) is 0 Å². The van der Waals surface area contributed by atoms with Gasteiger partial charge in [-0.05, 0) is 63.1 Å². The van der Waals surface area contributed by atoms with Crippen molar-refractivity contribution in [3.05, 3.63) is 22.4 Å². The number of likely N-dealkylation sites (tertiary alicyclic amines) is 1. The Hall–Kier alpha value is -1.11. The molecule has 2 amide bonds. The minimum Gasteiger partial charge on any atom is -0.378 e. The van der Waals surface area contributed by atoms with E-state index in [1.807, 2.05) is 11.3 Å². The summed E-state index contributed by atoms with van der Waals surface area (Å²) in [6.07, 6.45) is 4.41. The van der Waals surface area contributed by atoms with Crippen molar-refractivity contribution in [2.45, 2.75) is 51.3 Å². The Labute approximate surface area is 148 Å². The van der Waals surface area contributed by atoms with Gasteiger partial charge in [-0.3, -0.25) is 4.90 Å². The molecule has 2 aliphatic rings. The van der Waals surface area contributed by atoms with E-state index in [0.29, 0.717) is 5.92 Å². The zero-order valence-electron chi connectivity index (χ0n) is 14.5. The lowest BCUT2D eigenvalue weighted by Gasteiger charge is -2.32. The SMILES string of the molecule is CC1CC(NC(=O)NCC2CCN(Cc3cccs3)CC2)CCO1. The smallest absolute Gasteiger partial charge is 0.315 e. The summed E-state index contributed by atoms with van der Waals surface area (Å²) in [7, 11) is 0. The molecule has 2 N–H and O–H groups in total. The molecule has 0 spiro atoms. The van der Waals surface area contributed by atoms with Gasteiger partial charge < -0.3 is 15.4 Å². The number of amides is 2. The van der Waals surface area contributed by atoms with E-state index in [2.05, 4.69) is 40.0 Å². The number of carbonyl (C=O) groups is 1. The summed E-state index contributed by atoms with van der Waals surface area (Å²) in [5, 5.41) is 8.30. The Balaban J connectivity index is 1.30. The quantitative estimate of drug-likeness (QED) is 0.858. The molecular formula is C18H29N3O2S. The second kappa shape index (κ2) is 8.83. The van der Waals surface area contributed by atoms with Crippen molar-refractivity contribution < 1.29 is 9.53 Å². The number of carbonyl (C=O) groups excluding carboxylic acids is 1. The zero-order chi connectivity index (χ0) is 16.8. The maximum atomic E-state index is 12.1. The number of ether oxygens (including phenoxy) is 1. The highest BCUT2D eigenvalue weighted by atomic mass is 32.1. The van der Waals surface area contributed by atoms with Crippen LogP contribution in [0.5, 0.6) is 0 Å². The van der Waals surface area contributed by atoms with E-state index in [1.165, 1.54) is 17.7 Å². The van der Waals surface area contributed by atoms with Gasteiger partial charge in [0, 0.05) is 30.6 Å². The van der Waals surface area contributed by atoms with Crippen LogP contribution in [0, 0.1) is 5.92 Å². The van der Waals surface area contributed by atoms with Crippen LogP contribution in [0.2, 0.25) is 0 Å². The van der Waals surface area contributed by atoms with Crippen molar-refractivity contribution in [3.63, 3.8) is 0 Å². The molecule has 2 fully saturated rings. The zero-order valence-corrected chi connectivity index (χ0v) is 15.3. The molecule has 1 aromatic heterocycles. The Bertz CT molecular complexity index is 500. The Morgan fingerprint density at radius 2 is 2.21 bits per heavy atom. The summed E-state index contributed by atoms with van der Waals surface area (Å²) in [6, 6.07) is 4.56. The first-order valence-electron chi connectivity index (χ1n) is 9.09. The van der Waals surface area contributed by atoms with Crippen LogP contribution in [0.4, 0.5) is 4.79 Å². The fraction of sp³-hybridized carbons (Fsp3) is 0.722. The predicted octanol–water partition coefficient (Wildman–Crippen LogP) is 2.83. The van der Waals surface area contributed by atoms with E-state index in [4.69, 9.17) is 4.74 Å². The third-order valence-corrected chi connectivity index (χ3v) is 5.90. The lowest BCUT2D eigenvalue weighted by atomic mass is 9.97. The summed E-state index contributed by atoms with van der Waals surface area (Å²) in [5.41, 5.74) is 0. The number of hydrogen-bond acceptors (Lipinski definition) is 4. The molecule has 24 heavy (non-hydrogen) atoms. The van der Waals surface area contributed by atoms with Gasteiger partial charge in [-0.1, -0.05) is 6.07 Å². The molecule has 3 heterocycles. The first-order valence-corrected chi connectivity index (χ1v) is 9.97. The van der Waals surface area contributed by atoms with Gasteiger partial charge in [0.05, 0.1) is 6.10 Å². The number of nitrogens with one attached hydrogen (secondary N) is 2. The van der Waals surface area contributed by atoms with E-state index in [-0.39, 0.29) is 18.2 Å². The fourth-order valence-corrected chi connectivity index (χ4v) is 4.32. The largest absolute Gasteiger partial charge is 0.378 e. The van der Waals surface area contributed by atoms with Crippen LogP contribution in [0.25, 0.3) is 0 Å². The molecule has 2 atom stereocenters. The first kappa shape index (κ1) is 17.7. The molecule has 6 heteroatoms. The van der Waals surface area contributed by atoms with Crippen LogP contribution in [-0.2, 0) is 11.3 Å². The van der Waals surface area contributed by atoms with Crippen molar-refractivity contribution in [1.82, 2.24) is 15.5 Å². The highest BCUT2D eigenvalue weighted by Gasteiger charge is 2.22. The first-order chi connectivity index (χ1) is 11.7. The molecule has 1 aromatic rings. The van der Waals surface area contributed by atoms with Crippen LogP contribution in [0.15, 0.2) is 17.5 Å². The maximum Gasteiger partial charge on any atom is 0.315 e. The molecule has 2 saturated heterocycles. The molecule has 0 aromatic carbocycles. The predicted molar refractivity (Wildman–Crippen MR) is 97.3 cm³/mol. The topological polar surface area (TPSA) is 53.6 Å². The molecule has 0 saturated carbocycles. The molecular weight excluding hydrogens is 322 g/mol. The summed E-state index contributed by atoms with van der Waals surface area (Å²) in [6.45, 7) is 6.93. The summed E-state index contributed by atoms with van der Waals surface area (Å²) in [4.78, 5) is 16.0. The molecule has 0 radical (unpaired) electrons. The lowest BCUT2D eigenvalue weighted by Crippen LogP contribution is -2.47. The van der Waals surface area contributed by atoms with Crippen molar-refractivity contribution in [3.8, 4) is 0 Å². The molecule has 2 unspecified atom stereocenters. The second-order valence-corrected chi connectivity index (χ2v) is 8.09. The monoisotopic (exact) mass is 351 g/mol. The highest BCUT2D eigenvalue weighted by molar-refractivity contribution is 7.09. The lowest BCUT2D eigenvalue weighted by molar-refractivity contribution is 0.0154. The number of rotatable bonds is 5. The van der Waals surface area contributed by atoms with Crippen molar-refractivity contribution in [2.24, 2.45) is 5.92 Å². The normalized spacial score (nSPS) is 26.2. The van der Waals surface area contributed by atoms with Crippen LogP contribution in [-0.4, -0.2) is 49.3 Å². The molecule has 2 aliphatic heterocycles. The Kier molecular flexibility index (Phi) is 6.51. The number of piperidine rings is 1. The van der Waals surface area contributed by atoms with Gasteiger partial charge in [-0.2, -0.15) is 0 Å². The second-order valence-electron chi connectivity index (χ2n) is 7.06. The summed E-state index contributed by atoms with van der Waals surface area (Å²) in [5.74, 6) is 0.601. The van der Waals surface area contributed by atoms with Gasteiger partial charge in [0.1, 0.15) is 0 Å². The van der Waals surface area contributed by atoms with Gasteiger partial charge >= 0.3 is 6.03 Å². The van der Waals surface area contributed by atoms with E-state index < -0.39 is 0 Å². The molecule has 0 aliphatic carbocycles. The third-order valence-electron chi connectivity index (χ3n) is 5.04. The van der Waals surface area contributed by atoms with Gasteiger partial charge in [-0.15, -0.1) is 11.3 Å². The Morgan fingerprint density at radius 3 is 2.92 bits per heavy atom. The van der Waals surface area contributed by atoms with E-state index in [1.54, 1.807) is 0 Å². The average molecular weight is 352 g/mol. The minimum atomic E-state index is -0.0184. The minimum absolute atomic E-state index is 0.0184. The highest BCUT2D eigenvalue weighted by Crippen LogP contribution is 2.20. The van der Waals surface area contributed by atoms with Crippen LogP contribution >= 0.6 is 11.3 Å². The molecule has 134 valence electrons.